The normalized spacial score (nSPS) is 11.8. The number of aromatic nitrogens is 1. The fourth-order valence-electron chi connectivity index (χ4n) is 2.29. The molecular formula is C17H23Cl2IN4O2S. The lowest BCUT2D eigenvalue weighted by Gasteiger charge is -2.12. The third-order valence-corrected chi connectivity index (χ3v) is 6.30. The summed E-state index contributed by atoms with van der Waals surface area (Å²) in [5.74, 6) is 0.507. The topological polar surface area (TPSA) is 75.5 Å². The first-order chi connectivity index (χ1) is 12.3. The van der Waals surface area contributed by atoms with Gasteiger partial charge in [-0.15, -0.1) is 24.0 Å². The Kier molecular flexibility index (Phi) is 9.92. The molecule has 1 aromatic carbocycles. The van der Waals surface area contributed by atoms with Gasteiger partial charge in [-0.3, -0.25) is 0 Å². The average Bonchev–Trinajstić information content (AvgIpc) is 2.87. The SMILES string of the molecule is CCNC(=NCc1cc(Cl)c(Cl)n1C)NCCS(=O)(=O)c1ccccc1.I. The highest BCUT2D eigenvalue weighted by Gasteiger charge is 2.14. The highest BCUT2D eigenvalue weighted by molar-refractivity contribution is 14.0. The van der Waals surface area contributed by atoms with Gasteiger partial charge in [0.05, 0.1) is 22.2 Å². The largest absolute Gasteiger partial charge is 0.357 e. The summed E-state index contributed by atoms with van der Waals surface area (Å²) < 4.78 is 26.4. The van der Waals surface area contributed by atoms with Gasteiger partial charge >= 0.3 is 0 Å². The summed E-state index contributed by atoms with van der Waals surface area (Å²) in [6.45, 7) is 3.21. The second-order valence-corrected chi connectivity index (χ2v) is 8.46. The summed E-state index contributed by atoms with van der Waals surface area (Å²) >= 11 is 12.1. The molecule has 1 aromatic heterocycles. The van der Waals surface area contributed by atoms with Crippen LogP contribution in [-0.4, -0.2) is 37.8 Å². The van der Waals surface area contributed by atoms with Gasteiger partial charge in [-0.25, -0.2) is 13.4 Å². The first-order valence-electron chi connectivity index (χ1n) is 8.14. The van der Waals surface area contributed by atoms with E-state index in [1.165, 1.54) is 0 Å². The number of hydrogen-bond donors (Lipinski definition) is 2. The van der Waals surface area contributed by atoms with E-state index in [1.54, 1.807) is 41.0 Å². The van der Waals surface area contributed by atoms with E-state index < -0.39 is 9.84 Å². The molecule has 0 bridgehead atoms. The van der Waals surface area contributed by atoms with Crippen LogP contribution in [-0.2, 0) is 23.4 Å². The molecule has 2 N–H and O–H groups in total. The first kappa shape index (κ1) is 24.1. The molecule has 0 fully saturated rings. The lowest BCUT2D eigenvalue weighted by atomic mass is 10.4. The summed E-state index contributed by atoms with van der Waals surface area (Å²) in [6, 6.07) is 10.2. The molecule has 0 unspecified atom stereocenters. The fraction of sp³-hybridized carbons (Fsp3) is 0.353. The summed E-state index contributed by atoms with van der Waals surface area (Å²) in [6.07, 6.45) is 0. The van der Waals surface area contributed by atoms with E-state index in [-0.39, 0.29) is 36.3 Å². The molecule has 6 nitrogen and oxygen atoms in total. The van der Waals surface area contributed by atoms with E-state index in [2.05, 4.69) is 15.6 Å². The molecule has 0 amide bonds. The van der Waals surface area contributed by atoms with Crippen molar-refractivity contribution in [2.45, 2.75) is 18.4 Å². The molecule has 0 saturated carbocycles. The molecule has 2 aromatic rings. The van der Waals surface area contributed by atoms with Crippen LogP contribution in [0, 0.1) is 0 Å². The Morgan fingerprint density at radius 1 is 1.19 bits per heavy atom. The van der Waals surface area contributed by atoms with Crippen molar-refractivity contribution in [2.24, 2.45) is 12.0 Å². The second-order valence-electron chi connectivity index (χ2n) is 5.59. The van der Waals surface area contributed by atoms with Crippen LogP contribution in [0.2, 0.25) is 10.2 Å². The van der Waals surface area contributed by atoms with E-state index in [0.29, 0.717) is 34.1 Å². The van der Waals surface area contributed by atoms with E-state index >= 15 is 0 Å². The Balaban J connectivity index is 0.00000364. The molecule has 0 aliphatic rings. The zero-order chi connectivity index (χ0) is 19.2. The lowest BCUT2D eigenvalue weighted by molar-refractivity contribution is 0.594. The van der Waals surface area contributed by atoms with Crippen LogP contribution in [0.4, 0.5) is 0 Å². The van der Waals surface area contributed by atoms with Crippen molar-refractivity contribution >= 4 is 63.0 Å². The maximum atomic E-state index is 12.3. The van der Waals surface area contributed by atoms with Crippen molar-refractivity contribution in [2.75, 3.05) is 18.8 Å². The summed E-state index contributed by atoms with van der Waals surface area (Å²) in [5.41, 5.74) is 0.856. The zero-order valence-corrected chi connectivity index (χ0v) is 19.7. The summed E-state index contributed by atoms with van der Waals surface area (Å²) in [5, 5.41) is 7.07. The first-order valence-corrected chi connectivity index (χ1v) is 10.6. The van der Waals surface area contributed by atoms with Crippen molar-refractivity contribution in [1.29, 1.82) is 0 Å². The maximum Gasteiger partial charge on any atom is 0.191 e. The van der Waals surface area contributed by atoms with Gasteiger partial charge in [-0.05, 0) is 25.1 Å². The Hall–Kier alpha value is -0.970. The Morgan fingerprint density at radius 2 is 1.85 bits per heavy atom. The van der Waals surface area contributed by atoms with Crippen LogP contribution in [0.1, 0.15) is 12.6 Å². The number of aliphatic imine (C=N–C) groups is 1. The number of nitrogens with one attached hydrogen (secondary N) is 2. The predicted molar refractivity (Wildman–Crippen MR) is 122 cm³/mol. The van der Waals surface area contributed by atoms with Crippen molar-refractivity contribution in [3.8, 4) is 0 Å². The van der Waals surface area contributed by atoms with Crippen molar-refractivity contribution in [3.05, 3.63) is 52.3 Å². The molecule has 27 heavy (non-hydrogen) atoms. The van der Waals surface area contributed by atoms with E-state index in [9.17, 15) is 8.42 Å². The zero-order valence-electron chi connectivity index (χ0n) is 15.1. The maximum absolute atomic E-state index is 12.3. The van der Waals surface area contributed by atoms with Crippen LogP contribution >= 0.6 is 47.2 Å². The Morgan fingerprint density at radius 3 is 2.41 bits per heavy atom. The average molecular weight is 545 g/mol. The Labute approximate surface area is 187 Å². The van der Waals surface area contributed by atoms with Gasteiger partial charge in [0, 0.05) is 25.8 Å². The molecule has 0 saturated heterocycles. The molecule has 10 heteroatoms. The van der Waals surface area contributed by atoms with Crippen molar-refractivity contribution < 1.29 is 8.42 Å². The quantitative estimate of drug-likeness (QED) is 0.318. The molecule has 150 valence electrons. The molecule has 0 aliphatic carbocycles. The van der Waals surface area contributed by atoms with Gasteiger partial charge in [0.25, 0.3) is 0 Å². The molecular weight excluding hydrogens is 522 g/mol. The number of guanidine groups is 1. The minimum atomic E-state index is -3.33. The van der Waals surface area contributed by atoms with Crippen molar-refractivity contribution in [3.63, 3.8) is 0 Å². The van der Waals surface area contributed by atoms with Gasteiger partial charge in [0.2, 0.25) is 0 Å². The molecule has 0 atom stereocenters. The van der Waals surface area contributed by atoms with Gasteiger partial charge in [-0.2, -0.15) is 0 Å². The monoisotopic (exact) mass is 544 g/mol. The number of rotatable bonds is 7. The van der Waals surface area contributed by atoms with E-state index in [1.807, 2.05) is 14.0 Å². The smallest absolute Gasteiger partial charge is 0.191 e. The summed E-state index contributed by atoms with van der Waals surface area (Å²) in [7, 11) is -1.52. The van der Waals surface area contributed by atoms with Gasteiger partial charge in [0.15, 0.2) is 15.8 Å². The van der Waals surface area contributed by atoms with Crippen LogP contribution in [0.3, 0.4) is 0 Å². The van der Waals surface area contributed by atoms with Crippen LogP contribution < -0.4 is 10.6 Å². The van der Waals surface area contributed by atoms with E-state index in [0.717, 1.165) is 5.69 Å². The second kappa shape index (κ2) is 11.1. The standard InChI is InChI=1S/C17H22Cl2N4O2S.HI/c1-3-20-17(22-12-13-11-15(18)16(19)23(13)2)21-9-10-26(24,25)14-7-5-4-6-8-14;/h4-8,11H,3,9-10,12H2,1-2H3,(H2,20,21,22);1H. The van der Waals surface area contributed by atoms with Gasteiger partial charge in [-0.1, -0.05) is 41.4 Å². The number of benzene rings is 1. The van der Waals surface area contributed by atoms with E-state index in [4.69, 9.17) is 23.2 Å². The van der Waals surface area contributed by atoms with Crippen LogP contribution in [0.25, 0.3) is 0 Å². The number of nitrogens with zero attached hydrogens (tertiary/aromatic N) is 2. The highest BCUT2D eigenvalue weighted by Crippen LogP contribution is 2.25. The number of hydrogen-bond acceptors (Lipinski definition) is 3. The minimum absolute atomic E-state index is 0. The highest BCUT2D eigenvalue weighted by atomic mass is 127. The third-order valence-electron chi connectivity index (χ3n) is 3.72. The predicted octanol–water partition coefficient (Wildman–Crippen LogP) is 3.48. The third kappa shape index (κ3) is 6.85. The van der Waals surface area contributed by atoms with Crippen LogP contribution in [0.5, 0.6) is 0 Å². The summed E-state index contributed by atoms with van der Waals surface area (Å²) in [4.78, 5) is 4.77. The molecule has 1 heterocycles. The lowest BCUT2D eigenvalue weighted by Crippen LogP contribution is -2.39. The Bertz CT molecular complexity index is 871. The number of halogens is 3. The number of sulfone groups is 1. The van der Waals surface area contributed by atoms with Gasteiger partial charge in [0.1, 0.15) is 5.15 Å². The molecule has 2 rings (SSSR count). The molecule has 0 spiro atoms. The fourth-order valence-corrected chi connectivity index (χ4v) is 3.89. The molecule has 0 radical (unpaired) electrons. The van der Waals surface area contributed by atoms with Gasteiger partial charge < -0.3 is 15.2 Å². The van der Waals surface area contributed by atoms with Crippen molar-refractivity contribution in [1.82, 2.24) is 15.2 Å². The molecule has 0 aliphatic heterocycles. The minimum Gasteiger partial charge on any atom is -0.357 e. The van der Waals surface area contributed by atoms with Crippen LogP contribution in [0.15, 0.2) is 46.3 Å².